The minimum absolute atomic E-state index is 0.380. The second-order valence-electron chi connectivity index (χ2n) is 17.2. The molecule has 0 saturated heterocycles. The fraction of sp³-hybridized carbons (Fsp3) is 0.429. The second kappa shape index (κ2) is 8.09. The van der Waals surface area contributed by atoms with E-state index >= 15 is 0 Å². The van der Waals surface area contributed by atoms with Crippen molar-refractivity contribution < 1.29 is 8.83 Å². The standard InChI is InChI=1S/C42H33N3O4/c46-41-36-33-32-26(48-41)2-1-3-27(32)49-42(47)37(33)35-31-25(15-44-39-23-12-18-5-19(13-23)9-21(8-18)29(31)39)45-24-14-43-38-22-10-16-4-17(11-22)7-20(6-16)28(38)30(24)34(36)40(35)45/h1-3,14-23H,4-13H2. The van der Waals surface area contributed by atoms with Gasteiger partial charge in [0.1, 0.15) is 11.2 Å². The summed E-state index contributed by atoms with van der Waals surface area (Å²) in [6.45, 7) is 0. The molecule has 2 aromatic carbocycles. The molecule has 16 rings (SSSR count). The Hall–Kier alpha value is -4.52. The maximum Gasteiger partial charge on any atom is 0.344 e. The van der Waals surface area contributed by atoms with Crippen LogP contribution in [0.3, 0.4) is 0 Å². The fourth-order valence-corrected chi connectivity index (χ4v) is 13.7. The lowest BCUT2D eigenvalue weighted by Crippen LogP contribution is -2.25. The van der Waals surface area contributed by atoms with Gasteiger partial charge in [0, 0.05) is 50.2 Å². The maximum absolute atomic E-state index is 14.5. The summed E-state index contributed by atoms with van der Waals surface area (Å²) in [5.41, 5.74) is 8.45. The third-order valence-electron chi connectivity index (χ3n) is 14.9. The lowest BCUT2D eigenvalue weighted by atomic mass is 9.67. The van der Waals surface area contributed by atoms with E-state index in [1.165, 1.54) is 86.7 Å². The highest BCUT2D eigenvalue weighted by Gasteiger charge is 2.47. The van der Waals surface area contributed by atoms with Gasteiger partial charge < -0.3 is 13.2 Å². The molecule has 0 aliphatic heterocycles. The zero-order valence-electron chi connectivity index (χ0n) is 27.1. The Morgan fingerprint density at radius 1 is 0.510 bits per heavy atom. The summed E-state index contributed by atoms with van der Waals surface area (Å²) in [4.78, 5) is 39.7. The molecule has 8 aliphatic rings. The normalized spacial score (nSPS) is 31.4. The molecule has 4 atom stereocenters. The van der Waals surface area contributed by atoms with Crippen molar-refractivity contribution in [3.05, 3.63) is 73.9 Å². The zero-order valence-corrected chi connectivity index (χ0v) is 27.1. The molecular weight excluding hydrogens is 610 g/mol. The molecule has 8 aromatic rings. The SMILES string of the molecule is O=c1oc2cccc3oc(=O)c4c(c1c1c5c6c(ncc5n5c7cnc8c(c7c4c15)C1CC4CC(CC8C4)C1)C1CC4CC(C1)CC6C4)c23. The molecule has 6 heterocycles. The van der Waals surface area contributed by atoms with E-state index in [9.17, 15) is 9.59 Å². The molecule has 4 unspecified atom stereocenters. The van der Waals surface area contributed by atoms with Crippen LogP contribution in [-0.4, -0.2) is 14.4 Å². The van der Waals surface area contributed by atoms with Crippen LogP contribution in [0, 0.1) is 23.7 Å². The van der Waals surface area contributed by atoms with Crippen LogP contribution in [0.2, 0.25) is 0 Å². The predicted molar refractivity (Wildman–Crippen MR) is 189 cm³/mol. The summed E-state index contributed by atoms with van der Waals surface area (Å²) in [5.74, 6) is 4.77. The Morgan fingerprint density at radius 3 is 1.43 bits per heavy atom. The molecule has 6 aromatic heterocycles. The summed E-state index contributed by atoms with van der Waals surface area (Å²) in [6, 6.07) is 5.47. The molecule has 49 heavy (non-hydrogen) atoms. The van der Waals surface area contributed by atoms with Crippen LogP contribution in [0.4, 0.5) is 0 Å². The summed E-state index contributed by atoms with van der Waals surface area (Å²) >= 11 is 0. The number of aromatic nitrogens is 3. The number of fused-ring (bicyclic) bond motifs is 8. The molecule has 0 spiro atoms. The Labute approximate surface area is 279 Å². The van der Waals surface area contributed by atoms with Crippen LogP contribution in [0.1, 0.15) is 110 Å². The second-order valence-corrected chi connectivity index (χ2v) is 17.2. The number of nitrogens with zero attached hydrogens (tertiary/aromatic N) is 3. The first-order valence-electron chi connectivity index (χ1n) is 18.8. The molecule has 0 N–H and O–H groups in total. The van der Waals surface area contributed by atoms with E-state index in [2.05, 4.69) is 16.8 Å². The molecule has 0 amide bonds. The fourth-order valence-electron chi connectivity index (χ4n) is 13.7. The maximum atomic E-state index is 14.5. The zero-order chi connectivity index (χ0) is 31.6. The van der Waals surface area contributed by atoms with Gasteiger partial charge in [-0.2, -0.15) is 0 Å². The average molecular weight is 644 g/mol. The van der Waals surface area contributed by atoms with E-state index < -0.39 is 0 Å². The first-order valence-corrected chi connectivity index (χ1v) is 18.8. The van der Waals surface area contributed by atoms with Crippen molar-refractivity contribution in [3.63, 3.8) is 0 Å². The highest BCUT2D eigenvalue weighted by atomic mass is 16.4. The van der Waals surface area contributed by atoms with Gasteiger partial charge in [0.15, 0.2) is 0 Å². The molecule has 4 fully saturated rings. The van der Waals surface area contributed by atoms with Crippen molar-refractivity contribution in [2.75, 3.05) is 0 Å². The van der Waals surface area contributed by atoms with Gasteiger partial charge in [0.25, 0.3) is 0 Å². The van der Waals surface area contributed by atoms with Gasteiger partial charge in [-0.3, -0.25) is 9.97 Å². The Morgan fingerprint density at radius 2 is 0.959 bits per heavy atom. The minimum atomic E-state index is -0.380. The van der Waals surface area contributed by atoms with E-state index in [4.69, 9.17) is 18.8 Å². The van der Waals surface area contributed by atoms with Gasteiger partial charge >= 0.3 is 11.3 Å². The summed E-state index contributed by atoms with van der Waals surface area (Å²) in [5, 5.41) is 6.73. The van der Waals surface area contributed by atoms with Crippen LogP contribution in [-0.2, 0) is 0 Å². The highest BCUT2D eigenvalue weighted by molar-refractivity contribution is 6.41. The van der Waals surface area contributed by atoms with Crippen molar-refractivity contribution in [3.8, 4) is 0 Å². The molecule has 7 nitrogen and oxygen atoms in total. The monoisotopic (exact) mass is 643 g/mol. The van der Waals surface area contributed by atoms with Crippen molar-refractivity contribution in [1.82, 2.24) is 14.4 Å². The highest BCUT2D eigenvalue weighted by Crippen LogP contribution is 2.61. The third kappa shape index (κ3) is 2.80. The van der Waals surface area contributed by atoms with E-state index in [0.29, 0.717) is 51.0 Å². The Balaban J connectivity index is 1.29. The van der Waals surface area contributed by atoms with Crippen LogP contribution in [0.5, 0.6) is 0 Å². The lowest BCUT2D eigenvalue weighted by molar-refractivity contribution is 0.165. The van der Waals surface area contributed by atoms with Gasteiger partial charge in [-0.15, -0.1) is 0 Å². The smallest absolute Gasteiger partial charge is 0.344 e. The number of hydrogen-bond donors (Lipinski definition) is 0. The van der Waals surface area contributed by atoms with Crippen LogP contribution < -0.4 is 11.3 Å². The predicted octanol–water partition coefficient (Wildman–Crippen LogP) is 9.21. The third-order valence-corrected chi connectivity index (χ3v) is 14.9. The largest absolute Gasteiger partial charge is 0.422 e. The van der Waals surface area contributed by atoms with Gasteiger partial charge in [-0.1, -0.05) is 6.07 Å². The summed E-state index contributed by atoms with van der Waals surface area (Å²) in [7, 11) is 0. The van der Waals surface area contributed by atoms with E-state index in [-0.39, 0.29) is 11.3 Å². The summed E-state index contributed by atoms with van der Waals surface area (Å²) in [6.07, 6.45) is 16.5. The summed E-state index contributed by atoms with van der Waals surface area (Å²) < 4.78 is 14.7. The molecule has 7 heteroatoms. The van der Waals surface area contributed by atoms with Gasteiger partial charge in [-0.25, -0.2) is 9.59 Å². The van der Waals surface area contributed by atoms with Crippen LogP contribution in [0.15, 0.2) is 49.0 Å². The van der Waals surface area contributed by atoms with Crippen molar-refractivity contribution in [1.29, 1.82) is 0 Å². The lowest BCUT2D eigenvalue weighted by Gasteiger charge is -2.38. The van der Waals surface area contributed by atoms with E-state index in [1.807, 2.05) is 12.1 Å². The van der Waals surface area contributed by atoms with Gasteiger partial charge in [-0.05, 0) is 123 Å². The number of pyridine rings is 2. The van der Waals surface area contributed by atoms with Crippen LogP contribution >= 0.6 is 0 Å². The number of benzene rings is 2. The van der Waals surface area contributed by atoms with Crippen LogP contribution in [0.25, 0.3) is 70.8 Å². The molecule has 4 saturated carbocycles. The molecule has 8 aliphatic carbocycles. The molecule has 8 bridgehead atoms. The van der Waals surface area contributed by atoms with Crippen molar-refractivity contribution >= 4 is 70.8 Å². The Bertz CT molecular complexity index is 2750. The van der Waals surface area contributed by atoms with Gasteiger partial charge in [0.2, 0.25) is 0 Å². The molecule has 240 valence electrons. The molecule has 0 radical (unpaired) electrons. The Kier molecular flexibility index (Phi) is 4.20. The van der Waals surface area contributed by atoms with Gasteiger partial charge in [0.05, 0.1) is 45.1 Å². The minimum Gasteiger partial charge on any atom is -0.422 e. The first-order chi connectivity index (χ1) is 24.1. The van der Waals surface area contributed by atoms with E-state index in [1.54, 1.807) is 6.07 Å². The number of rotatable bonds is 0. The quantitative estimate of drug-likeness (QED) is 0.121. The topological polar surface area (TPSA) is 90.6 Å². The number of hydrogen-bond acceptors (Lipinski definition) is 6. The average Bonchev–Trinajstić information content (AvgIpc) is 3.47. The van der Waals surface area contributed by atoms with Crippen molar-refractivity contribution in [2.24, 2.45) is 23.7 Å². The van der Waals surface area contributed by atoms with Crippen molar-refractivity contribution in [2.45, 2.75) is 87.9 Å². The molecular formula is C42H33N3O4. The van der Waals surface area contributed by atoms with E-state index in [0.717, 1.165) is 67.2 Å². The first kappa shape index (κ1) is 25.5.